The molecule has 2 rings (SSSR count). The lowest BCUT2D eigenvalue weighted by Gasteiger charge is -2.23. The number of hydrogen-bond donors (Lipinski definition) is 1. The maximum atomic E-state index is 5.30. The largest absolute Gasteiger partial charge is 0.497 e. The minimum absolute atomic E-state index is 0.616. The molecule has 1 aliphatic rings. The van der Waals surface area contributed by atoms with Crippen molar-refractivity contribution in [3.63, 3.8) is 0 Å². The number of fused-ring (bicyclic) bond motifs is 1. The first-order chi connectivity index (χ1) is 7.63. The van der Waals surface area contributed by atoms with Crippen LogP contribution in [0.1, 0.15) is 32.3 Å². The normalized spacial score (nSPS) is 20.4. The van der Waals surface area contributed by atoms with Gasteiger partial charge in [-0.05, 0) is 35.6 Å². The first-order valence-corrected chi connectivity index (χ1v) is 6.05. The van der Waals surface area contributed by atoms with E-state index in [2.05, 4.69) is 38.2 Å². The van der Waals surface area contributed by atoms with E-state index in [1.54, 1.807) is 7.11 Å². The average molecular weight is 219 g/mol. The minimum Gasteiger partial charge on any atom is -0.497 e. The third-order valence-corrected chi connectivity index (χ3v) is 3.86. The van der Waals surface area contributed by atoms with Crippen LogP contribution in [-0.4, -0.2) is 13.7 Å². The SMILES string of the molecule is COc1ccc2c(c1)C(C(C)C(C)C)CN2. The first kappa shape index (κ1) is 11.3. The molecule has 1 aromatic carbocycles. The maximum absolute atomic E-state index is 5.30. The molecule has 0 fully saturated rings. The monoisotopic (exact) mass is 219 g/mol. The van der Waals surface area contributed by atoms with Crippen molar-refractivity contribution in [3.05, 3.63) is 23.8 Å². The number of hydrogen-bond acceptors (Lipinski definition) is 2. The van der Waals surface area contributed by atoms with Crippen molar-refractivity contribution in [1.29, 1.82) is 0 Å². The van der Waals surface area contributed by atoms with E-state index >= 15 is 0 Å². The van der Waals surface area contributed by atoms with Crippen LogP contribution in [0.25, 0.3) is 0 Å². The molecule has 1 aromatic rings. The molecule has 0 saturated heterocycles. The first-order valence-electron chi connectivity index (χ1n) is 6.05. The Balaban J connectivity index is 2.30. The Morgan fingerprint density at radius 3 is 2.69 bits per heavy atom. The van der Waals surface area contributed by atoms with Crippen molar-refractivity contribution < 1.29 is 4.74 Å². The van der Waals surface area contributed by atoms with Crippen molar-refractivity contribution >= 4 is 5.69 Å². The van der Waals surface area contributed by atoms with Crippen LogP contribution >= 0.6 is 0 Å². The molecule has 0 aliphatic carbocycles. The van der Waals surface area contributed by atoms with Crippen LogP contribution in [0.4, 0.5) is 5.69 Å². The molecule has 0 aromatic heterocycles. The van der Waals surface area contributed by atoms with E-state index in [4.69, 9.17) is 4.74 Å². The molecule has 1 aliphatic heterocycles. The highest BCUT2D eigenvalue weighted by Gasteiger charge is 2.28. The molecular weight excluding hydrogens is 198 g/mol. The highest BCUT2D eigenvalue weighted by atomic mass is 16.5. The average Bonchev–Trinajstić information content (AvgIpc) is 2.70. The van der Waals surface area contributed by atoms with E-state index in [-0.39, 0.29) is 0 Å². The molecule has 1 heterocycles. The summed E-state index contributed by atoms with van der Waals surface area (Å²) in [5, 5.41) is 3.48. The number of anilines is 1. The quantitative estimate of drug-likeness (QED) is 0.840. The van der Waals surface area contributed by atoms with Crippen LogP contribution in [0.2, 0.25) is 0 Å². The lowest BCUT2D eigenvalue weighted by molar-refractivity contribution is 0.361. The number of ether oxygens (including phenoxy) is 1. The predicted octanol–water partition coefficient (Wildman–Crippen LogP) is 3.50. The van der Waals surface area contributed by atoms with E-state index in [0.717, 1.165) is 12.3 Å². The van der Waals surface area contributed by atoms with Crippen LogP contribution < -0.4 is 10.1 Å². The van der Waals surface area contributed by atoms with Gasteiger partial charge in [-0.3, -0.25) is 0 Å². The van der Waals surface area contributed by atoms with E-state index < -0.39 is 0 Å². The summed E-state index contributed by atoms with van der Waals surface area (Å²) in [6, 6.07) is 6.33. The van der Waals surface area contributed by atoms with Crippen molar-refractivity contribution in [2.75, 3.05) is 19.0 Å². The second kappa shape index (κ2) is 4.36. The van der Waals surface area contributed by atoms with Gasteiger partial charge in [0.05, 0.1) is 7.11 Å². The summed E-state index contributed by atoms with van der Waals surface area (Å²) in [7, 11) is 1.73. The molecule has 16 heavy (non-hydrogen) atoms. The van der Waals surface area contributed by atoms with Crippen LogP contribution in [0.15, 0.2) is 18.2 Å². The van der Waals surface area contributed by atoms with Crippen LogP contribution in [0.5, 0.6) is 5.75 Å². The van der Waals surface area contributed by atoms with Gasteiger partial charge in [0, 0.05) is 18.2 Å². The van der Waals surface area contributed by atoms with Crippen LogP contribution in [0, 0.1) is 11.8 Å². The molecule has 2 atom stereocenters. The van der Waals surface area contributed by atoms with E-state index in [1.165, 1.54) is 11.3 Å². The summed E-state index contributed by atoms with van der Waals surface area (Å²) < 4.78 is 5.30. The molecule has 0 saturated carbocycles. The lowest BCUT2D eigenvalue weighted by atomic mass is 9.82. The molecule has 88 valence electrons. The number of benzene rings is 1. The molecule has 0 amide bonds. The Labute approximate surface area is 98.0 Å². The molecule has 0 radical (unpaired) electrons. The summed E-state index contributed by atoms with van der Waals surface area (Å²) >= 11 is 0. The van der Waals surface area contributed by atoms with Crippen molar-refractivity contribution in [2.45, 2.75) is 26.7 Å². The van der Waals surface area contributed by atoms with Gasteiger partial charge in [-0.2, -0.15) is 0 Å². The van der Waals surface area contributed by atoms with Gasteiger partial charge in [0.15, 0.2) is 0 Å². The molecule has 1 N–H and O–H groups in total. The number of nitrogens with one attached hydrogen (secondary N) is 1. The highest BCUT2D eigenvalue weighted by molar-refractivity contribution is 5.60. The minimum atomic E-state index is 0.616. The zero-order valence-electron chi connectivity index (χ0n) is 10.6. The lowest BCUT2D eigenvalue weighted by Crippen LogP contribution is -2.17. The highest BCUT2D eigenvalue weighted by Crippen LogP contribution is 2.40. The second-order valence-corrected chi connectivity index (χ2v) is 5.04. The molecule has 0 spiro atoms. The second-order valence-electron chi connectivity index (χ2n) is 5.04. The van der Waals surface area contributed by atoms with E-state index in [9.17, 15) is 0 Å². The molecule has 0 bridgehead atoms. The summed E-state index contributed by atoms with van der Waals surface area (Å²) in [5.41, 5.74) is 2.69. The van der Waals surface area contributed by atoms with Crippen LogP contribution in [-0.2, 0) is 0 Å². The Hall–Kier alpha value is -1.18. The summed E-state index contributed by atoms with van der Waals surface area (Å²) in [6.07, 6.45) is 0. The Morgan fingerprint density at radius 2 is 2.06 bits per heavy atom. The Kier molecular flexibility index (Phi) is 3.08. The van der Waals surface area contributed by atoms with Crippen molar-refractivity contribution in [3.8, 4) is 5.75 Å². The van der Waals surface area contributed by atoms with Crippen LogP contribution in [0.3, 0.4) is 0 Å². The zero-order chi connectivity index (χ0) is 11.7. The number of methoxy groups -OCH3 is 1. The fourth-order valence-electron chi connectivity index (χ4n) is 2.40. The maximum Gasteiger partial charge on any atom is 0.119 e. The van der Waals surface area contributed by atoms with Gasteiger partial charge in [0.2, 0.25) is 0 Å². The van der Waals surface area contributed by atoms with E-state index in [0.29, 0.717) is 17.8 Å². The summed E-state index contributed by atoms with van der Waals surface area (Å²) in [6.45, 7) is 7.99. The Morgan fingerprint density at radius 1 is 1.31 bits per heavy atom. The van der Waals surface area contributed by atoms with Gasteiger partial charge in [0.25, 0.3) is 0 Å². The number of rotatable bonds is 3. The third-order valence-electron chi connectivity index (χ3n) is 3.86. The van der Waals surface area contributed by atoms with Crippen molar-refractivity contribution in [1.82, 2.24) is 0 Å². The molecule has 2 heteroatoms. The predicted molar refractivity (Wildman–Crippen MR) is 68.2 cm³/mol. The fraction of sp³-hybridized carbons (Fsp3) is 0.571. The van der Waals surface area contributed by atoms with E-state index in [1.807, 2.05) is 6.07 Å². The van der Waals surface area contributed by atoms with Gasteiger partial charge in [-0.25, -0.2) is 0 Å². The zero-order valence-corrected chi connectivity index (χ0v) is 10.6. The Bertz CT molecular complexity index is 373. The third kappa shape index (κ3) is 1.89. The summed E-state index contributed by atoms with van der Waals surface area (Å²) in [5.74, 6) is 2.98. The summed E-state index contributed by atoms with van der Waals surface area (Å²) in [4.78, 5) is 0. The molecule has 2 unspecified atom stereocenters. The van der Waals surface area contributed by atoms with Gasteiger partial charge in [0.1, 0.15) is 5.75 Å². The topological polar surface area (TPSA) is 21.3 Å². The van der Waals surface area contributed by atoms with Gasteiger partial charge in [-0.1, -0.05) is 20.8 Å². The van der Waals surface area contributed by atoms with Gasteiger partial charge < -0.3 is 10.1 Å². The smallest absolute Gasteiger partial charge is 0.119 e. The molecule has 2 nitrogen and oxygen atoms in total. The molecular formula is C14H21NO. The van der Waals surface area contributed by atoms with Gasteiger partial charge in [-0.15, -0.1) is 0 Å². The fourth-order valence-corrected chi connectivity index (χ4v) is 2.40. The van der Waals surface area contributed by atoms with Crippen molar-refractivity contribution in [2.24, 2.45) is 11.8 Å². The van der Waals surface area contributed by atoms with Gasteiger partial charge >= 0.3 is 0 Å². The standard InChI is InChI=1S/C14H21NO/c1-9(2)10(3)13-8-15-14-6-5-11(16-4)7-12(13)14/h5-7,9-10,13,15H,8H2,1-4H3.